The second-order valence-electron chi connectivity index (χ2n) is 8.79. The van der Waals surface area contributed by atoms with Gasteiger partial charge in [0.15, 0.2) is 22.3 Å². The van der Waals surface area contributed by atoms with Crippen molar-refractivity contribution in [1.82, 2.24) is 5.32 Å². The number of ether oxygens (including phenoxy) is 2. The normalized spacial score (nSPS) is 22.5. The van der Waals surface area contributed by atoms with Crippen molar-refractivity contribution in [2.45, 2.75) is 32.0 Å². The molecule has 3 aromatic carbocycles. The van der Waals surface area contributed by atoms with Crippen LogP contribution in [-0.4, -0.2) is 23.9 Å². The summed E-state index contributed by atoms with van der Waals surface area (Å²) in [7, 11) is 1.61. The van der Waals surface area contributed by atoms with Gasteiger partial charge in [-0.3, -0.25) is 9.69 Å². The summed E-state index contributed by atoms with van der Waals surface area (Å²) in [6.07, 6.45) is 0.926. The summed E-state index contributed by atoms with van der Waals surface area (Å²) < 4.78 is 12.3. The van der Waals surface area contributed by atoms with Gasteiger partial charge in [-0.05, 0) is 73.6 Å². The first-order valence-electron chi connectivity index (χ1n) is 11.5. The monoisotopic (exact) mass is 507 g/mol. The largest absolute Gasteiger partial charge is 0.493 e. The number of para-hydroxylation sites is 1. The van der Waals surface area contributed by atoms with Crippen LogP contribution in [0.5, 0.6) is 11.5 Å². The molecule has 1 fully saturated rings. The SMILES string of the molecule is CCc1ccc(N2C(=S)N[C@H]3c4cccc(OC)c4O[C@@]2(C)[C@@H]3C(=O)Nc2ccc(Cl)cc2)cc1. The van der Waals surface area contributed by atoms with Crippen LogP contribution in [0.3, 0.4) is 0 Å². The van der Waals surface area contributed by atoms with E-state index in [0.717, 1.165) is 17.7 Å². The Labute approximate surface area is 215 Å². The zero-order valence-corrected chi connectivity index (χ0v) is 21.2. The number of hydrogen-bond donors (Lipinski definition) is 2. The maximum atomic E-state index is 13.9. The number of anilines is 2. The minimum atomic E-state index is -1.13. The molecule has 0 spiro atoms. The van der Waals surface area contributed by atoms with Gasteiger partial charge in [0.25, 0.3) is 0 Å². The molecule has 2 bridgehead atoms. The molecule has 0 radical (unpaired) electrons. The van der Waals surface area contributed by atoms with Crippen LogP contribution < -0.4 is 25.0 Å². The van der Waals surface area contributed by atoms with Crippen molar-refractivity contribution >= 4 is 46.2 Å². The Morgan fingerprint density at radius 2 is 1.89 bits per heavy atom. The lowest BCUT2D eigenvalue weighted by Gasteiger charge is -2.56. The molecule has 35 heavy (non-hydrogen) atoms. The number of halogens is 1. The molecule has 8 heteroatoms. The van der Waals surface area contributed by atoms with Gasteiger partial charge in [0.2, 0.25) is 5.91 Å². The summed E-state index contributed by atoms with van der Waals surface area (Å²) in [5.74, 6) is 0.364. The summed E-state index contributed by atoms with van der Waals surface area (Å²) in [5.41, 5.74) is 2.39. The Balaban J connectivity index is 1.62. The lowest BCUT2D eigenvalue weighted by molar-refractivity contribution is -0.130. The van der Waals surface area contributed by atoms with Crippen LogP contribution in [0.4, 0.5) is 11.4 Å². The summed E-state index contributed by atoms with van der Waals surface area (Å²) in [4.78, 5) is 15.7. The van der Waals surface area contributed by atoms with Gasteiger partial charge in [0.1, 0.15) is 5.92 Å². The van der Waals surface area contributed by atoms with Crippen LogP contribution in [0.2, 0.25) is 5.02 Å². The molecule has 180 valence electrons. The molecule has 5 rings (SSSR count). The highest BCUT2D eigenvalue weighted by atomic mass is 35.5. The fraction of sp³-hybridized carbons (Fsp3) is 0.259. The van der Waals surface area contributed by atoms with Crippen molar-refractivity contribution in [2.75, 3.05) is 17.3 Å². The number of nitrogens with zero attached hydrogens (tertiary/aromatic N) is 1. The fourth-order valence-corrected chi connectivity index (χ4v) is 5.49. The molecule has 1 saturated heterocycles. The quantitative estimate of drug-likeness (QED) is 0.431. The molecule has 2 aliphatic heterocycles. The van der Waals surface area contributed by atoms with E-state index < -0.39 is 17.7 Å². The van der Waals surface area contributed by atoms with E-state index >= 15 is 0 Å². The van der Waals surface area contributed by atoms with Gasteiger partial charge < -0.3 is 20.1 Å². The van der Waals surface area contributed by atoms with Gasteiger partial charge in [0, 0.05) is 22.0 Å². The molecule has 2 heterocycles. The van der Waals surface area contributed by atoms with E-state index in [9.17, 15) is 4.79 Å². The minimum Gasteiger partial charge on any atom is -0.493 e. The van der Waals surface area contributed by atoms with Gasteiger partial charge in [-0.2, -0.15) is 0 Å². The van der Waals surface area contributed by atoms with Gasteiger partial charge in [-0.15, -0.1) is 0 Å². The first-order valence-corrected chi connectivity index (χ1v) is 12.3. The van der Waals surface area contributed by atoms with E-state index in [2.05, 4.69) is 29.7 Å². The highest BCUT2D eigenvalue weighted by molar-refractivity contribution is 7.80. The number of nitrogens with one attached hydrogen (secondary N) is 2. The molecular weight excluding hydrogens is 482 g/mol. The number of thiocarbonyl (C=S) groups is 1. The maximum Gasteiger partial charge on any atom is 0.236 e. The third kappa shape index (κ3) is 3.98. The number of benzene rings is 3. The van der Waals surface area contributed by atoms with E-state index in [-0.39, 0.29) is 5.91 Å². The van der Waals surface area contributed by atoms with Crippen LogP contribution in [0.15, 0.2) is 66.7 Å². The zero-order chi connectivity index (χ0) is 24.7. The molecular formula is C27H26ClN3O3S. The zero-order valence-electron chi connectivity index (χ0n) is 19.7. The Bertz CT molecular complexity index is 1280. The van der Waals surface area contributed by atoms with Crippen molar-refractivity contribution in [3.05, 3.63) is 82.9 Å². The fourth-order valence-electron chi connectivity index (χ4n) is 4.95. The van der Waals surface area contributed by atoms with Crippen LogP contribution in [0.25, 0.3) is 0 Å². The van der Waals surface area contributed by atoms with E-state index in [1.165, 1.54) is 5.56 Å². The highest BCUT2D eigenvalue weighted by Crippen LogP contribution is 2.52. The molecule has 3 aromatic rings. The predicted octanol–water partition coefficient (Wildman–Crippen LogP) is 5.71. The number of hydrogen-bond acceptors (Lipinski definition) is 4. The lowest BCUT2D eigenvalue weighted by atomic mass is 9.78. The average molecular weight is 508 g/mol. The van der Waals surface area contributed by atoms with Crippen molar-refractivity contribution in [3.63, 3.8) is 0 Å². The van der Waals surface area contributed by atoms with Crippen molar-refractivity contribution < 1.29 is 14.3 Å². The number of rotatable bonds is 5. The molecule has 0 unspecified atom stereocenters. The van der Waals surface area contributed by atoms with Crippen molar-refractivity contribution in [3.8, 4) is 11.5 Å². The number of amides is 1. The molecule has 0 aromatic heterocycles. The molecule has 1 amide bonds. The topological polar surface area (TPSA) is 62.8 Å². The Hall–Kier alpha value is -3.29. The molecule has 6 nitrogen and oxygen atoms in total. The second-order valence-corrected chi connectivity index (χ2v) is 9.61. The molecule has 0 saturated carbocycles. The molecule has 3 atom stereocenters. The van der Waals surface area contributed by atoms with E-state index in [0.29, 0.717) is 27.3 Å². The molecule has 2 aliphatic rings. The number of methoxy groups -OCH3 is 1. The summed E-state index contributed by atoms with van der Waals surface area (Å²) in [6.45, 7) is 4.01. The van der Waals surface area contributed by atoms with Crippen molar-refractivity contribution in [2.24, 2.45) is 5.92 Å². The molecule has 0 aliphatic carbocycles. The van der Waals surface area contributed by atoms with Crippen LogP contribution in [-0.2, 0) is 11.2 Å². The van der Waals surface area contributed by atoms with Gasteiger partial charge >= 0.3 is 0 Å². The third-order valence-corrected chi connectivity index (χ3v) is 7.26. The lowest BCUT2D eigenvalue weighted by Crippen LogP contribution is -2.72. The average Bonchev–Trinajstić information content (AvgIpc) is 2.85. The third-order valence-electron chi connectivity index (χ3n) is 6.71. The summed E-state index contributed by atoms with van der Waals surface area (Å²) in [6, 6.07) is 20.4. The van der Waals surface area contributed by atoms with Crippen LogP contribution in [0, 0.1) is 5.92 Å². The van der Waals surface area contributed by atoms with E-state index in [1.54, 1.807) is 31.4 Å². The Morgan fingerprint density at radius 3 is 2.54 bits per heavy atom. The number of aryl methyl sites for hydroxylation is 1. The second kappa shape index (κ2) is 9.06. The Morgan fingerprint density at radius 1 is 1.17 bits per heavy atom. The van der Waals surface area contributed by atoms with Gasteiger partial charge in [-0.25, -0.2) is 0 Å². The first-order chi connectivity index (χ1) is 16.9. The Kier molecular flexibility index (Phi) is 6.07. The van der Waals surface area contributed by atoms with Crippen molar-refractivity contribution in [1.29, 1.82) is 0 Å². The maximum absolute atomic E-state index is 13.9. The van der Waals surface area contributed by atoms with Gasteiger partial charge in [0.05, 0.1) is 13.2 Å². The van der Waals surface area contributed by atoms with E-state index in [1.807, 2.05) is 42.2 Å². The highest BCUT2D eigenvalue weighted by Gasteiger charge is 2.59. The summed E-state index contributed by atoms with van der Waals surface area (Å²) >= 11 is 11.9. The smallest absolute Gasteiger partial charge is 0.236 e. The summed E-state index contributed by atoms with van der Waals surface area (Å²) in [5, 5.41) is 7.55. The number of carbonyl (C=O) groups excluding carboxylic acids is 1. The van der Waals surface area contributed by atoms with E-state index in [4.69, 9.17) is 33.3 Å². The first kappa shape index (κ1) is 23.5. The van der Waals surface area contributed by atoms with Gasteiger partial charge in [-0.1, -0.05) is 42.8 Å². The van der Waals surface area contributed by atoms with Crippen LogP contribution in [0.1, 0.15) is 31.0 Å². The predicted molar refractivity (Wildman–Crippen MR) is 142 cm³/mol. The number of carbonyl (C=O) groups is 1. The number of fused-ring (bicyclic) bond motifs is 4. The standard InChI is InChI=1S/C27H26ClN3O3S/c1-4-16-8-14-19(15-9-16)31-26(35)30-23-20-6-5-7-21(33-3)24(20)34-27(31,2)22(23)25(32)29-18-12-10-17(28)11-13-18/h5-15,22-23H,4H2,1-3H3,(H,29,32)(H,30,35)/t22-,23-,27-/m0/s1. The molecule has 2 N–H and O–H groups in total. The minimum absolute atomic E-state index is 0.196. The van der Waals surface area contributed by atoms with Crippen LogP contribution >= 0.6 is 23.8 Å².